The van der Waals surface area contributed by atoms with Gasteiger partial charge in [-0.25, -0.2) is 0 Å². The van der Waals surface area contributed by atoms with Crippen LogP contribution in [-0.4, -0.2) is 49.8 Å². The Morgan fingerprint density at radius 1 is 1.31 bits per heavy atom. The molecule has 1 atom stereocenters. The van der Waals surface area contributed by atoms with E-state index in [1.54, 1.807) is 0 Å². The lowest BCUT2D eigenvalue weighted by Crippen LogP contribution is -2.51. The average molecular weight is 228 g/mol. The Bertz CT molecular complexity index is 194. The third-order valence-corrected chi connectivity index (χ3v) is 3.04. The summed E-state index contributed by atoms with van der Waals surface area (Å²) in [6, 6.07) is 0. The van der Waals surface area contributed by atoms with E-state index < -0.39 is 0 Å². The summed E-state index contributed by atoms with van der Waals surface area (Å²) in [5.74, 6) is 0. The Labute approximate surface area is 101 Å². The molecule has 0 saturated carbocycles. The number of unbranched alkanes of at least 4 members (excludes halogenated alkanes) is 2. The Kier molecular flexibility index (Phi) is 5.73. The van der Waals surface area contributed by atoms with Crippen molar-refractivity contribution in [2.75, 3.05) is 33.2 Å². The number of ether oxygens (including phenoxy) is 1. The van der Waals surface area contributed by atoms with Crippen molar-refractivity contribution in [1.82, 2.24) is 10.2 Å². The van der Waals surface area contributed by atoms with E-state index >= 15 is 0 Å². The second kappa shape index (κ2) is 6.58. The minimum Gasteiger partial charge on any atom is -0.370 e. The number of morpholine rings is 1. The van der Waals surface area contributed by atoms with Crippen molar-refractivity contribution in [3.8, 4) is 0 Å². The fourth-order valence-corrected chi connectivity index (χ4v) is 2.57. The molecule has 1 heterocycles. The van der Waals surface area contributed by atoms with E-state index in [9.17, 15) is 0 Å². The van der Waals surface area contributed by atoms with Crippen LogP contribution >= 0.6 is 0 Å². The summed E-state index contributed by atoms with van der Waals surface area (Å²) in [6.45, 7) is 11.1. The van der Waals surface area contributed by atoms with E-state index in [0.29, 0.717) is 6.10 Å². The van der Waals surface area contributed by atoms with Crippen molar-refractivity contribution in [1.29, 1.82) is 0 Å². The van der Waals surface area contributed by atoms with Gasteiger partial charge in [-0.3, -0.25) is 4.90 Å². The number of nitrogens with one attached hydrogen (secondary N) is 1. The second-order valence-corrected chi connectivity index (χ2v) is 5.59. The van der Waals surface area contributed by atoms with Gasteiger partial charge in [-0.2, -0.15) is 0 Å². The van der Waals surface area contributed by atoms with Crippen LogP contribution < -0.4 is 5.32 Å². The molecule has 1 aliphatic heterocycles. The zero-order valence-electron chi connectivity index (χ0n) is 11.4. The predicted octanol–water partition coefficient (Wildman–Crippen LogP) is 1.88. The van der Waals surface area contributed by atoms with Crippen molar-refractivity contribution >= 4 is 0 Å². The molecule has 0 radical (unpaired) electrons. The van der Waals surface area contributed by atoms with E-state index in [1.807, 2.05) is 7.05 Å². The van der Waals surface area contributed by atoms with Crippen molar-refractivity contribution in [3.63, 3.8) is 0 Å². The van der Waals surface area contributed by atoms with E-state index in [4.69, 9.17) is 4.74 Å². The third kappa shape index (κ3) is 5.28. The maximum Gasteiger partial charge on any atom is 0.0757 e. The molecule has 3 nitrogen and oxygen atoms in total. The molecule has 0 aliphatic carbocycles. The summed E-state index contributed by atoms with van der Waals surface area (Å²) >= 11 is 0. The van der Waals surface area contributed by atoms with Crippen LogP contribution in [0.25, 0.3) is 0 Å². The summed E-state index contributed by atoms with van der Waals surface area (Å²) in [7, 11) is 2.02. The first kappa shape index (κ1) is 13.9. The minimum atomic E-state index is 0.0304. The summed E-state index contributed by atoms with van der Waals surface area (Å²) in [5, 5.41) is 3.19. The Balaban J connectivity index is 2.16. The van der Waals surface area contributed by atoms with Gasteiger partial charge >= 0.3 is 0 Å². The van der Waals surface area contributed by atoms with Gasteiger partial charge in [0.05, 0.1) is 11.7 Å². The number of hydrogen-bond acceptors (Lipinski definition) is 3. The topological polar surface area (TPSA) is 24.5 Å². The SMILES string of the molecule is CNCCCCCN1CC(C)OC(C)(C)C1. The van der Waals surface area contributed by atoms with Crippen LogP contribution in [0.15, 0.2) is 0 Å². The molecule has 1 aliphatic rings. The maximum atomic E-state index is 5.90. The Morgan fingerprint density at radius 3 is 2.69 bits per heavy atom. The molecule has 3 heteroatoms. The molecular formula is C13H28N2O. The minimum absolute atomic E-state index is 0.0304. The van der Waals surface area contributed by atoms with Crippen LogP contribution in [0.1, 0.15) is 40.0 Å². The van der Waals surface area contributed by atoms with Crippen molar-refractivity contribution in [3.05, 3.63) is 0 Å². The van der Waals surface area contributed by atoms with Gasteiger partial charge in [-0.1, -0.05) is 6.42 Å². The predicted molar refractivity (Wildman–Crippen MR) is 68.8 cm³/mol. The molecular weight excluding hydrogens is 200 g/mol. The van der Waals surface area contributed by atoms with Crippen LogP contribution in [0.3, 0.4) is 0 Å². The highest BCUT2D eigenvalue weighted by molar-refractivity contribution is 4.82. The van der Waals surface area contributed by atoms with Crippen LogP contribution in [0.5, 0.6) is 0 Å². The molecule has 16 heavy (non-hydrogen) atoms. The van der Waals surface area contributed by atoms with Gasteiger partial charge in [-0.15, -0.1) is 0 Å². The molecule has 0 bridgehead atoms. The molecule has 1 N–H and O–H groups in total. The first-order chi connectivity index (χ1) is 7.53. The van der Waals surface area contributed by atoms with Crippen molar-refractivity contribution in [2.45, 2.75) is 51.7 Å². The first-order valence-electron chi connectivity index (χ1n) is 6.58. The summed E-state index contributed by atoms with van der Waals surface area (Å²) in [5.41, 5.74) is 0.0304. The molecule has 1 fully saturated rings. The van der Waals surface area contributed by atoms with Gasteiger partial charge in [0.1, 0.15) is 0 Å². The lowest BCUT2D eigenvalue weighted by Gasteiger charge is -2.41. The molecule has 1 unspecified atom stereocenters. The van der Waals surface area contributed by atoms with Crippen LogP contribution in [0, 0.1) is 0 Å². The summed E-state index contributed by atoms with van der Waals surface area (Å²) in [6.07, 6.45) is 4.30. The fraction of sp³-hybridized carbons (Fsp3) is 1.00. The quantitative estimate of drug-likeness (QED) is 0.703. The van der Waals surface area contributed by atoms with Crippen LogP contribution in [0.4, 0.5) is 0 Å². The fourth-order valence-electron chi connectivity index (χ4n) is 2.57. The zero-order chi connectivity index (χ0) is 12.0. The summed E-state index contributed by atoms with van der Waals surface area (Å²) < 4.78 is 5.90. The molecule has 0 aromatic rings. The van der Waals surface area contributed by atoms with Gasteiger partial charge in [0, 0.05) is 13.1 Å². The van der Waals surface area contributed by atoms with Crippen LogP contribution in [-0.2, 0) is 4.74 Å². The Morgan fingerprint density at radius 2 is 2.06 bits per heavy atom. The maximum absolute atomic E-state index is 5.90. The number of nitrogens with zero attached hydrogens (tertiary/aromatic N) is 1. The van der Waals surface area contributed by atoms with Gasteiger partial charge in [0.25, 0.3) is 0 Å². The summed E-state index contributed by atoms with van der Waals surface area (Å²) in [4.78, 5) is 2.55. The number of rotatable bonds is 6. The van der Waals surface area contributed by atoms with E-state index in [2.05, 4.69) is 31.0 Å². The smallest absolute Gasteiger partial charge is 0.0757 e. The Hall–Kier alpha value is -0.120. The standard InChI is InChI=1S/C13H28N2O/c1-12-10-15(11-13(2,3)16-12)9-7-5-6-8-14-4/h12,14H,5-11H2,1-4H3. The molecule has 1 saturated heterocycles. The molecule has 96 valence electrons. The van der Waals surface area contributed by atoms with Gasteiger partial charge < -0.3 is 10.1 Å². The second-order valence-electron chi connectivity index (χ2n) is 5.59. The third-order valence-electron chi connectivity index (χ3n) is 3.04. The zero-order valence-corrected chi connectivity index (χ0v) is 11.4. The first-order valence-corrected chi connectivity index (χ1v) is 6.58. The van der Waals surface area contributed by atoms with E-state index in [1.165, 1.54) is 25.8 Å². The monoisotopic (exact) mass is 228 g/mol. The molecule has 0 amide bonds. The highest BCUT2D eigenvalue weighted by atomic mass is 16.5. The molecule has 0 spiro atoms. The van der Waals surface area contributed by atoms with Crippen molar-refractivity contribution in [2.24, 2.45) is 0 Å². The normalized spacial score (nSPS) is 25.9. The molecule has 1 rings (SSSR count). The molecule has 0 aromatic heterocycles. The average Bonchev–Trinajstić information content (AvgIpc) is 2.14. The lowest BCUT2D eigenvalue weighted by molar-refractivity contribution is -0.128. The van der Waals surface area contributed by atoms with Crippen molar-refractivity contribution < 1.29 is 4.74 Å². The number of hydrogen-bond donors (Lipinski definition) is 1. The van der Waals surface area contributed by atoms with E-state index in [0.717, 1.165) is 19.6 Å². The van der Waals surface area contributed by atoms with E-state index in [-0.39, 0.29) is 5.60 Å². The van der Waals surface area contributed by atoms with Gasteiger partial charge in [0.2, 0.25) is 0 Å². The lowest BCUT2D eigenvalue weighted by atomic mass is 10.1. The van der Waals surface area contributed by atoms with Gasteiger partial charge in [-0.05, 0) is 53.8 Å². The van der Waals surface area contributed by atoms with Gasteiger partial charge in [0.15, 0.2) is 0 Å². The highest BCUT2D eigenvalue weighted by Crippen LogP contribution is 2.20. The highest BCUT2D eigenvalue weighted by Gasteiger charge is 2.30. The largest absolute Gasteiger partial charge is 0.370 e. The molecule has 0 aromatic carbocycles. The van der Waals surface area contributed by atoms with Crippen LogP contribution in [0.2, 0.25) is 0 Å².